The van der Waals surface area contributed by atoms with Gasteiger partial charge in [0.05, 0.1) is 30.9 Å². The van der Waals surface area contributed by atoms with Gasteiger partial charge < -0.3 is 14.8 Å². The summed E-state index contributed by atoms with van der Waals surface area (Å²) in [4.78, 5) is 26.0. The van der Waals surface area contributed by atoms with Crippen molar-refractivity contribution in [2.45, 2.75) is 39.4 Å². The molecule has 1 amide bonds. The van der Waals surface area contributed by atoms with E-state index in [9.17, 15) is 9.59 Å². The number of hydrogen-bond acceptors (Lipinski definition) is 5. The number of carbonyl (C=O) groups excluding carboxylic acids is 2. The molecule has 6 heteroatoms. The highest BCUT2D eigenvalue weighted by atomic mass is 16.5. The van der Waals surface area contributed by atoms with Crippen molar-refractivity contribution in [2.24, 2.45) is 0 Å². The van der Waals surface area contributed by atoms with Crippen LogP contribution in [0.15, 0.2) is 24.3 Å². The average molecular weight is 334 g/mol. The van der Waals surface area contributed by atoms with Gasteiger partial charge >= 0.3 is 5.97 Å². The van der Waals surface area contributed by atoms with E-state index in [-0.39, 0.29) is 24.1 Å². The second kappa shape index (κ2) is 8.80. The number of rotatable bonds is 6. The minimum absolute atomic E-state index is 0.0717. The van der Waals surface area contributed by atoms with Crippen molar-refractivity contribution in [3.63, 3.8) is 0 Å². The fraction of sp³-hybridized carbons (Fsp3) is 0.556. The summed E-state index contributed by atoms with van der Waals surface area (Å²) in [6.45, 7) is 8.21. The largest absolute Gasteiger partial charge is 0.462 e. The van der Waals surface area contributed by atoms with Crippen LogP contribution in [0.1, 0.15) is 37.6 Å². The molecule has 1 aromatic rings. The number of nitrogens with zero attached hydrogens (tertiary/aromatic N) is 1. The fourth-order valence-electron chi connectivity index (χ4n) is 2.78. The molecule has 0 radical (unpaired) electrons. The highest BCUT2D eigenvalue weighted by Crippen LogP contribution is 2.13. The van der Waals surface area contributed by atoms with Gasteiger partial charge in [-0.25, -0.2) is 4.79 Å². The molecule has 1 aromatic carbocycles. The van der Waals surface area contributed by atoms with Gasteiger partial charge in [0.1, 0.15) is 0 Å². The zero-order valence-corrected chi connectivity index (χ0v) is 14.6. The number of ether oxygens (including phenoxy) is 2. The van der Waals surface area contributed by atoms with E-state index in [2.05, 4.69) is 10.2 Å². The van der Waals surface area contributed by atoms with Crippen molar-refractivity contribution in [3.8, 4) is 0 Å². The van der Waals surface area contributed by atoms with E-state index in [1.807, 2.05) is 20.8 Å². The van der Waals surface area contributed by atoms with Crippen molar-refractivity contribution < 1.29 is 19.1 Å². The zero-order valence-electron chi connectivity index (χ0n) is 14.6. The van der Waals surface area contributed by atoms with E-state index in [0.717, 1.165) is 19.5 Å². The normalized spacial score (nSPS) is 21.3. The lowest BCUT2D eigenvalue weighted by molar-refractivity contribution is -0.121. The first-order valence-corrected chi connectivity index (χ1v) is 8.42. The summed E-state index contributed by atoms with van der Waals surface area (Å²) < 4.78 is 10.7. The van der Waals surface area contributed by atoms with Crippen molar-refractivity contribution >= 4 is 17.6 Å². The van der Waals surface area contributed by atoms with Gasteiger partial charge in [0, 0.05) is 18.8 Å². The van der Waals surface area contributed by atoms with Gasteiger partial charge in [-0.2, -0.15) is 0 Å². The Bertz CT molecular complexity index is 549. The monoisotopic (exact) mass is 334 g/mol. The van der Waals surface area contributed by atoms with E-state index in [4.69, 9.17) is 9.47 Å². The number of anilines is 1. The second-order valence-electron chi connectivity index (χ2n) is 6.21. The average Bonchev–Trinajstić information content (AvgIpc) is 2.52. The first kappa shape index (κ1) is 18.4. The zero-order chi connectivity index (χ0) is 17.5. The maximum absolute atomic E-state index is 12.2. The van der Waals surface area contributed by atoms with Crippen LogP contribution in [-0.4, -0.2) is 55.2 Å². The molecule has 0 spiro atoms. The number of esters is 1. The van der Waals surface area contributed by atoms with E-state index >= 15 is 0 Å². The summed E-state index contributed by atoms with van der Waals surface area (Å²) in [7, 11) is 0. The Balaban J connectivity index is 1.84. The summed E-state index contributed by atoms with van der Waals surface area (Å²) in [6, 6.07) is 6.75. The first-order chi connectivity index (χ1) is 11.5. The molecule has 1 saturated heterocycles. The molecule has 1 heterocycles. The molecule has 6 nitrogen and oxygen atoms in total. The fourth-order valence-corrected chi connectivity index (χ4v) is 2.78. The lowest BCUT2D eigenvalue weighted by atomic mass is 10.2. The molecule has 1 aliphatic rings. The predicted octanol–water partition coefficient (Wildman–Crippen LogP) is 2.30. The van der Waals surface area contributed by atoms with Crippen LogP contribution < -0.4 is 5.32 Å². The maximum atomic E-state index is 12.2. The number of carbonyl (C=O) groups is 2. The Morgan fingerprint density at radius 3 is 2.42 bits per heavy atom. The minimum Gasteiger partial charge on any atom is -0.462 e. The molecule has 1 aliphatic heterocycles. The van der Waals surface area contributed by atoms with Crippen LogP contribution in [0, 0.1) is 0 Å². The summed E-state index contributed by atoms with van der Waals surface area (Å²) in [5.41, 5.74) is 1.15. The third-order valence-electron chi connectivity index (χ3n) is 3.70. The van der Waals surface area contributed by atoms with Gasteiger partial charge in [-0.05, 0) is 44.5 Å². The van der Waals surface area contributed by atoms with Gasteiger partial charge in [0.2, 0.25) is 5.91 Å². The SMILES string of the molecule is CCCOC(=O)c1ccc(NC(=O)CN2CC(C)OC(C)C2)cc1. The number of amides is 1. The summed E-state index contributed by atoms with van der Waals surface area (Å²) in [5, 5.41) is 2.85. The van der Waals surface area contributed by atoms with Crippen LogP contribution in [0.5, 0.6) is 0 Å². The molecule has 1 fully saturated rings. The Labute approximate surface area is 143 Å². The molecule has 132 valence electrons. The Morgan fingerprint density at radius 2 is 1.83 bits per heavy atom. The second-order valence-corrected chi connectivity index (χ2v) is 6.21. The Kier molecular flexibility index (Phi) is 6.75. The number of benzene rings is 1. The van der Waals surface area contributed by atoms with Crippen LogP contribution in [0.2, 0.25) is 0 Å². The summed E-state index contributed by atoms with van der Waals surface area (Å²) >= 11 is 0. The Hall–Kier alpha value is -1.92. The van der Waals surface area contributed by atoms with E-state index < -0.39 is 0 Å². The molecule has 2 atom stereocenters. The topological polar surface area (TPSA) is 67.9 Å². The number of morpholine rings is 1. The lowest BCUT2D eigenvalue weighted by Crippen LogP contribution is -2.48. The predicted molar refractivity (Wildman–Crippen MR) is 92.1 cm³/mol. The van der Waals surface area contributed by atoms with Crippen LogP contribution in [-0.2, 0) is 14.3 Å². The van der Waals surface area contributed by atoms with Gasteiger partial charge in [0.15, 0.2) is 0 Å². The molecule has 0 aromatic heterocycles. The van der Waals surface area contributed by atoms with Gasteiger partial charge in [-0.3, -0.25) is 9.69 Å². The summed E-state index contributed by atoms with van der Waals surface area (Å²) in [6.07, 6.45) is 1.06. The molecule has 24 heavy (non-hydrogen) atoms. The van der Waals surface area contributed by atoms with E-state index in [0.29, 0.717) is 24.4 Å². The van der Waals surface area contributed by atoms with Gasteiger partial charge in [-0.1, -0.05) is 6.92 Å². The van der Waals surface area contributed by atoms with Crippen LogP contribution in [0.3, 0.4) is 0 Å². The first-order valence-electron chi connectivity index (χ1n) is 8.42. The number of nitrogens with one attached hydrogen (secondary N) is 1. The highest BCUT2D eigenvalue weighted by molar-refractivity contribution is 5.94. The molecule has 0 aliphatic carbocycles. The molecule has 1 N–H and O–H groups in total. The third-order valence-corrected chi connectivity index (χ3v) is 3.70. The van der Waals surface area contributed by atoms with Gasteiger partial charge in [-0.15, -0.1) is 0 Å². The quantitative estimate of drug-likeness (QED) is 0.809. The maximum Gasteiger partial charge on any atom is 0.338 e. The van der Waals surface area contributed by atoms with Crippen molar-refractivity contribution in [1.82, 2.24) is 4.90 Å². The van der Waals surface area contributed by atoms with Gasteiger partial charge in [0.25, 0.3) is 0 Å². The number of hydrogen-bond donors (Lipinski definition) is 1. The molecular formula is C18H26N2O4. The summed E-state index contributed by atoms with van der Waals surface area (Å²) in [5.74, 6) is -0.413. The van der Waals surface area contributed by atoms with Crippen LogP contribution in [0.4, 0.5) is 5.69 Å². The lowest BCUT2D eigenvalue weighted by Gasteiger charge is -2.34. The highest BCUT2D eigenvalue weighted by Gasteiger charge is 2.23. The smallest absolute Gasteiger partial charge is 0.338 e. The molecular weight excluding hydrogens is 308 g/mol. The van der Waals surface area contributed by atoms with Crippen molar-refractivity contribution in [3.05, 3.63) is 29.8 Å². The van der Waals surface area contributed by atoms with E-state index in [1.165, 1.54) is 0 Å². The third kappa shape index (κ3) is 5.62. The standard InChI is InChI=1S/C18H26N2O4/c1-4-9-23-18(22)15-5-7-16(8-6-15)19-17(21)12-20-10-13(2)24-14(3)11-20/h5-8,13-14H,4,9-12H2,1-3H3,(H,19,21). The molecule has 0 saturated carbocycles. The molecule has 2 unspecified atom stereocenters. The Morgan fingerprint density at radius 1 is 1.21 bits per heavy atom. The molecule has 2 rings (SSSR count). The minimum atomic E-state index is -0.342. The van der Waals surface area contributed by atoms with Crippen LogP contribution >= 0.6 is 0 Å². The molecule has 0 bridgehead atoms. The van der Waals surface area contributed by atoms with E-state index in [1.54, 1.807) is 24.3 Å². The van der Waals surface area contributed by atoms with Crippen molar-refractivity contribution in [2.75, 3.05) is 31.6 Å². The van der Waals surface area contributed by atoms with Crippen LogP contribution in [0.25, 0.3) is 0 Å². The van der Waals surface area contributed by atoms with Crippen molar-refractivity contribution in [1.29, 1.82) is 0 Å².